The van der Waals surface area contributed by atoms with Crippen LogP contribution in [0.25, 0.3) is 0 Å². The first-order chi connectivity index (χ1) is 13.7. The normalized spacial score (nSPS) is 19.6. The number of benzene rings is 2. The number of carbonyl (C=O) groups excluding carboxylic acids is 1. The predicted octanol–water partition coefficient (Wildman–Crippen LogP) is 7.00. The van der Waals surface area contributed by atoms with Gasteiger partial charge < -0.3 is 10.6 Å². The number of anilines is 2. The maximum absolute atomic E-state index is 12.7. The van der Waals surface area contributed by atoms with Gasteiger partial charge in [-0.3, -0.25) is 4.79 Å². The zero-order chi connectivity index (χ0) is 21.0. The van der Waals surface area contributed by atoms with Crippen molar-refractivity contribution in [3.8, 4) is 0 Å². The van der Waals surface area contributed by atoms with E-state index in [1.54, 1.807) is 12.1 Å². The molecule has 5 heteroatoms. The van der Waals surface area contributed by atoms with E-state index in [1.807, 2.05) is 30.3 Å². The molecule has 2 aromatic rings. The van der Waals surface area contributed by atoms with Crippen LogP contribution in [0.2, 0.25) is 10.0 Å². The highest BCUT2D eigenvalue weighted by Crippen LogP contribution is 2.38. The van der Waals surface area contributed by atoms with Crippen molar-refractivity contribution in [2.75, 3.05) is 5.32 Å². The van der Waals surface area contributed by atoms with Gasteiger partial charge in [-0.2, -0.15) is 0 Å². The third-order valence-electron chi connectivity index (χ3n) is 5.91. The van der Waals surface area contributed by atoms with Crippen LogP contribution in [-0.4, -0.2) is 11.9 Å². The van der Waals surface area contributed by atoms with E-state index in [2.05, 4.69) is 31.4 Å². The molecule has 0 aromatic heterocycles. The van der Waals surface area contributed by atoms with E-state index in [0.29, 0.717) is 27.6 Å². The van der Waals surface area contributed by atoms with Crippen molar-refractivity contribution < 1.29 is 4.79 Å². The molecule has 0 aliphatic heterocycles. The van der Waals surface area contributed by atoms with Crippen molar-refractivity contribution in [1.82, 2.24) is 5.32 Å². The molecule has 0 atom stereocenters. The van der Waals surface area contributed by atoms with Crippen LogP contribution < -0.4 is 10.6 Å². The molecule has 0 heterocycles. The largest absolute Gasteiger partial charge is 0.353 e. The fourth-order valence-corrected chi connectivity index (χ4v) is 4.60. The summed E-state index contributed by atoms with van der Waals surface area (Å²) >= 11 is 12.6. The van der Waals surface area contributed by atoms with Crippen LogP contribution in [0.15, 0.2) is 42.5 Å². The summed E-state index contributed by atoms with van der Waals surface area (Å²) in [5.74, 6) is 0.796. The molecule has 1 saturated carbocycles. The lowest BCUT2D eigenvalue weighted by Gasteiger charge is -2.37. The van der Waals surface area contributed by atoms with E-state index in [9.17, 15) is 4.79 Å². The first kappa shape index (κ1) is 22.0. The van der Waals surface area contributed by atoms with Gasteiger partial charge in [-0.1, -0.05) is 68.2 Å². The predicted molar refractivity (Wildman–Crippen MR) is 123 cm³/mol. The Balaban J connectivity index is 1.62. The molecule has 0 radical (unpaired) electrons. The van der Waals surface area contributed by atoms with Crippen molar-refractivity contribution in [3.05, 3.63) is 58.1 Å². The second-order valence-corrected chi connectivity index (χ2v) is 9.85. The molecule has 3 nitrogen and oxygen atoms in total. The molecule has 156 valence electrons. The summed E-state index contributed by atoms with van der Waals surface area (Å²) < 4.78 is 0. The molecule has 3 rings (SSSR count). The Morgan fingerprint density at radius 1 is 0.966 bits per heavy atom. The van der Waals surface area contributed by atoms with Gasteiger partial charge in [-0.25, -0.2) is 0 Å². The molecular formula is C24H30Cl2N2O. The summed E-state index contributed by atoms with van der Waals surface area (Å²) in [6, 6.07) is 13.4. The second kappa shape index (κ2) is 9.40. The smallest absolute Gasteiger partial charge is 0.224 e. The Hall–Kier alpha value is -1.71. The average molecular weight is 433 g/mol. The highest BCUT2D eigenvalue weighted by molar-refractivity contribution is 6.39. The Morgan fingerprint density at radius 3 is 2.21 bits per heavy atom. The zero-order valence-electron chi connectivity index (χ0n) is 17.4. The van der Waals surface area contributed by atoms with E-state index in [1.165, 1.54) is 12.8 Å². The molecule has 0 unspecified atom stereocenters. The summed E-state index contributed by atoms with van der Waals surface area (Å²) in [5.41, 5.74) is 2.77. The molecule has 1 aliphatic rings. The topological polar surface area (TPSA) is 41.1 Å². The number of nitrogens with one attached hydrogen (secondary N) is 2. The van der Waals surface area contributed by atoms with Crippen LogP contribution in [0.4, 0.5) is 11.4 Å². The molecule has 1 amide bonds. The Morgan fingerprint density at radius 2 is 1.59 bits per heavy atom. The van der Waals surface area contributed by atoms with Gasteiger partial charge in [0.05, 0.1) is 22.2 Å². The lowest BCUT2D eigenvalue weighted by atomic mass is 9.71. The Labute approximate surface area is 184 Å². The van der Waals surface area contributed by atoms with Crippen LogP contribution in [0.3, 0.4) is 0 Å². The van der Waals surface area contributed by atoms with Crippen molar-refractivity contribution in [1.29, 1.82) is 0 Å². The minimum absolute atomic E-state index is 0.0590. The second-order valence-electron chi connectivity index (χ2n) is 9.04. The number of rotatable bonds is 5. The summed E-state index contributed by atoms with van der Waals surface area (Å²) in [6.45, 7) is 6.93. The molecule has 29 heavy (non-hydrogen) atoms. The molecule has 0 bridgehead atoms. The van der Waals surface area contributed by atoms with Crippen LogP contribution in [-0.2, 0) is 11.2 Å². The number of hydrogen-bond acceptors (Lipinski definition) is 2. The van der Waals surface area contributed by atoms with E-state index in [4.69, 9.17) is 23.2 Å². The van der Waals surface area contributed by atoms with Crippen LogP contribution in [0.5, 0.6) is 0 Å². The fourth-order valence-electron chi connectivity index (χ4n) is 4.10. The van der Waals surface area contributed by atoms with Gasteiger partial charge >= 0.3 is 0 Å². The number of para-hydroxylation sites is 2. The SMILES string of the molecule is CC(C)(C)C1CCC(NC(=O)Cc2ccccc2Nc2c(Cl)cccc2Cl)CC1. The van der Waals surface area contributed by atoms with Gasteiger partial charge in [0.1, 0.15) is 0 Å². The van der Waals surface area contributed by atoms with Crippen LogP contribution >= 0.6 is 23.2 Å². The number of amides is 1. The molecular weight excluding hydrogens is 403 g/mol. The van der Waals surface area contributed by atoms with Gasteiger partial charge in [0.25, 0.3) is 0 Å². The van der Waals surface area contributed by atoms with E-state index in [0.717, 1.165) is 30.0 Å². The summed E-state index contributed by atoms with van der Waals surface area (Å²) in [7, 11) is 0. The summed E-state index contributed by atoms with van der Waals surface area (Å²) in [6.07, 6.45) is 4.80. The Bertz CT molecular complexity index is 832. The summed E-state index contributed by atoms with van der Waals surface area (Å²) in [4.78, 5) is 12.7. The van der Waals surface area contributed by atoms with Crippen LogP contribution in [0.1, 0.15) is 52.0 Å². The van der Waals surface area contributed by atoms with Crippen molar-refractivity contribution in [3.63, 3.8) is 0 Å². The van der Waals surface area contributed by atoms with E-state index in [-0.39, 0.29) is 11.9 Å². The number of hydrogen-bond donors (Lipinski definition) is 2. The monoisotopic (exact) mass is 432 g/mol. The first-order valence-corrected chi connectivity index (χ1v) is 11.1. The number of halogens is 2. The lowest BCUT2D eigenvalue weighted by Crippen LogP contribution is -2.40. The standard InChI is InChI=1S/C24H30Cl2N2O/c1-24(2,3)17-11-13-18(14-12-17)27-22(29)15-16-7-4-5-10-21(16)28-23-19(25)8-6-9-20(23)26/h4-10,17-18,28H,11-15H2,1-3H3,(H,27,29). The van der Waals surface area contributed by atoms with E-state index >= 15 is 0 Å². The minimum atomic E-state index is 0.0590. The molecule has 0 spiro atoms. The molecule has 1 aliphatic carbocycles. The van der Waals surface area contributed by atoms with E-state index < -0.39 is 0 Å². The van der Waals surface area contributed by atoms with Crippen molar-refractivity contribution in [2.24, 2.45) is 11.3 Å². The van der Waals surface area contributed by atoms with Gasteiger partial charge in [0.2, 0.25) is 5.91 Å². The van der Waals surface area contributed by atoms with Crippen LogP contribution in [0, 0.1) is 11.3 Å². The third-order valence-corrected chi connectivity index (χ3v) is 6.54. The third kappa shape index (κ3) is 5.90. The molecule has 2 N–H and O–H groups in total. The maximum atomic E-state index is 12.7. The maximum Gasteiger partial charge on any atom is 0.224 e. The summed E-state index contributed by atoms with van der Waals surface area (Å²) in [5, 5.41) is 7.63. The zero-order valence-corrected chi connectivity index (χ0v) is 18.9. The minimum Gasteiger partial charge on any atom is -0.353 e. The van der Waals surface area contributed by atoms with Gasteiger partial charge in [-0.05, 0) is 60.8 Å². The molecule has 1 fully saturated rings. The van der Waals surface area contributed by atoms with Gasteiger partial charge in [0, 0.05) is 11.7 Å². The quantitative estimate of drug-likeness (QED) is 0.533. The Kier molecular flexibility index (Phi) is 7.13. The lowest BCUT2D eigenvalue weighted by molar-refractivity contribution is -0.121. The number of carbonyl (C=O) groups is 1. The van der Waals surface area contributed by atoms with Crippen molar-refractivity contribution in [2.45, 2.75) is 58.9 Å². The fraction of sp³-hybridized carbons (Fsp3) is 0.458. The van der Waals surface area contributed by atoms with Gasteiger partial charge in [0.15, 0.2) is 0 Å². The van der Waals surface area contributed by atoms with Crippen molar-refractivity contribution >= 4 is 40.5 Å². The average Bonchev–Trinajstić information content (AvgIpc) is 2.66. The molecule has 0 saturated heterocycles. The highest BCUT2D eigenvalue weighted by Gasteiger charge is 2.30. The van der Waals surface area contributed by atoms with Gasteiger partial charge in [-0.15, -0.1) is 0 Å². The first-order valence-electron chi connectivity index (χ1n) is 10.3. The molecule has 2 aromatic carbocycles. The highest BCUT2D eigenvalue weighted by atomic mass is 35.5.